The van der Waals surface area contributed by atoms with Crippen molar-refractivity contribution < 1.29 is 4.39 Å². The predicted octanol–water partition coefficient (Wildman–Crippen LogP) is 2.04. The van der Waals surface area contributed by atoms with Crippen LogP contribution in [0.1, 0.15) is 11.6 Å². The number of benzene rings is 1. The zero-order valence-corrected chi connectivity index (χ0v) is 9.05. The predicted molar refractivity (Wildman–Crippen MR) is 56.9 cm³/mol. The Morgan fingerprint density at radius 3 is 2.57 bits per heavy atom. The van der Waals surface area contributed by atoms with Crippen molar-refractivity contribution in [2.45, 2.75) is 6.04 Å². The van der Waals surface area contributed by atoms with Crippen LogP contribution in [0.3, 0.4) is 0 Å². The lowest BCUT2D eigenvalue weighted by Crippen LogP contribution is -2.27. The van der Waals surface area contributed by atoms with Gasteiger partial charge in [0, 0.05) is 12.6 Å². The summed E-state index contributed by atoms with van der Waals surface area (Å²) in [7, 11) is 3.81. The van der Waals surface area contributed by atoms with Gasteiger partial charge in [0.25, 0.3) is 0 Å². The zero-order chi connectivity index (χ0) is 10.7. The summed E-state index contributed by atoms with van der Waals surface area (Å²) in [6.07, 6.45) is 0. The van der Waals surface area contributed by atoms with E-state index in [0.717, 1.165) is 5.56 Å². The Bertz CT molecular complexity index is 315. The average Bonchev–Trinajstić information content (AvgIpc) is 2.11. The lowest BCUT2D eigenvalue weighted by atomic mass is 10.1. The van der Waals surface area contributed by atoms with E-state index in [1.807, 2.05) is 19.0 Å². The molecular formula is C10H14ClFN2. The van der Waals surface area contributed by atoms with E-state index < -0.39 is 5.82 Å². The Morgan fingerprint density at radius 2 is 2.14 bits per heavy atom. The zero-order valence-electron chi connectivity index (χ0n) is 8.30. The summed E-state index contributed by atoms with van der Waals surface area (Å²) < 4.78 is 13.1. The van der Waals surface area contributed by atoms with Crippen LogP contribution in [0.25, 0.3) is 0 Å². The van der Waals surface area contributed by atoms with Gasteiger partial charge in [0.15, 0.2) is 0 Å². The Hall–Kier alpha value is -0.640. The number of hydrogen-bond acceptors (Lipinski definition) is 2. The van der Waals surface area contributed by atoms with Crippen LogP contribution in [-0.4, -0.2) is 25.5 Å². The van der Waals surface area contributed by atoms with Crippen LogP contribution < -0.4 is 5.73 Å². The van der Waals surface area contributed by atoms with Crippen LogP contribution in [0.5, 0.6) is 0 Å². The second-order valence-electron chi connectivity index (χ2n) is 3.39. The molecule has 78 valence electrons. The molecule has 0 radical (unpaired) electrons. The van der Waals surface area contributed by atoms with Crippen LogP contribution in [0.2, 0.25) is 5.02 Å². The van der Waals surface area contributed by atoms with E-state index in [1.54, 1.807) is 12.1 Å². The minimum Gasteiger partial charge on any atom is -0.329 e. The molecule has 0 aliphatic heterocycles. The number of hydrogen-bond donors (Lipinski definition) is 1. The van der Waals surface area contributed by atoms with Gasteiger partial charge < -0.3 is 10.6 Å². The number of likely N-dealkylation sites (N-methyl/N-ethyl adjacent to an activating group) is 1. The van der Waals surface area contributed by atoms with Crippen LogP contribution in [0, 0.1) is 5.82 Å². The number of halogens is 2. The van der Waals surface area contributed by atoms with Crippen molar-refractivity contribution >= 4 is 11.6 Å². The molecule has 0 heterocycles. The molecule has 0 saturated carbocycles. The van der Waals surface area contributed by atoms with Crippen LogP contribution >= 0.6 is 11.6 Å². The molecule has 0 fully saturated rings. The van der Waals surface area contributed by atoms with E-state index in [1.165, 1.54) is 6.07 Å². The van der Waals surface area contributed by atoms with Gasteiger partial charge in [-0.1, -0.05) is 17.7 Å². The van der Waals surface area contributed by atoms with Crippen LogP contribution in [0.4, 0.5) is 4.39 Å². The summed E-state index contributed by atoms with van der Waals surface area (Å²) in [4.78, 5) is 1.95. The summed E-state index contributed by atoms with van der Waals surface area (Å²) in [5, 5.41) is 0.142. The van der Waals surface area contributed by atoms with Gasteiger partial charge >= 0.3 is 0 Å². The first-order chi connectivity index (χ1) is 6.56. The summed E-state index contributed by atoms with van der Waals surface area (Å²) in [5.74, 6) is -0.399. The van der Waals surface area contributed by atoms with E-state index in [-0.39, 0.29) is 11.1 Å². The molecule has 1 atom stereocenters. The van der Waals surface area contributed by atoms with E-state index in [4.69, 9.17) is 17.3 Å². The van der Waals surface area contributed by atoms with Gasteiger partial charge in [0.1, 0.15) is 5.82 Å². The summed E-state index contributed by atoms with van der Waals surface area (Å²) in [6.45, 7) is 0.452. The van der Waals surface area contributed by atoms with E-state index in [0.29, 0.717) is 6.54 Å². The van der Waals surface area contributed by atoms with Crippen molar-refractivity contribution in [3.05, 3.63) is 34.6 Å². The fourth-order valence-corrected chi connectivity index (χ4v) is 1.48. The molecule has 0 aromatic heterocycles. The third-order valence-corrected chi connectivity index (χ3v) is 2.48. The van der Waals surface area contributed by atoms with Gasteiger partial charge in [0.05, 0.1) is 5.02 Å². The minimum absolute atomic E-state index is 0.0294. The quantitative estimate of drug-likeness (QED) is 0.838. The molecule has 4 heteroatoms. The lowest BCUT2D eigenvalue weighted by molar-refractivity contribution is 0.305. The first-order valence-electron chi connectivity index (χ1n) is 4.37. The summed E-state index contributed by atoms with van der Waals surface area (Å²) in [6, 6.07) is 4.81. The molecule has 1 rings (SSSR count). The minimum atomic E-state index is -0.399. The number of nitrogens with two attached hydrogens (primary N) is 1. The molecule has 0 amide bonds. The van der Waals surface area contributed by atoms with E-state index in [9.17, 15) is 4.39 Å². The Morgan fingerprint density at radius 1 is 1.50 bits per heavy atom. The second kappa shape index (κ2) is 4.73. The standard InChI is InChI=1S/C10H14ClFN2/c1-14(2)10(6-13)7-3-4-8(11)9(12)5-7/h3-5,10H,6,13H2,1-2H3. The number of rotatable bonds is 3. The molecule has 2 nitrogen and oxygen atoms in total. The highest BCUT2D eigenvalue weighted by Crippen LogP contribution is 2.22. The van der Waals surface area contributed by atoms with Crippen molar-refractivity contribution in [3.8, 4) is 0 Å². The molecule has 1 aromatic rings. The smallest absolute Gasteiger partial charge is 0.142 e. The summed E-state index contributed by atoms with van der Waals surface area (Å²) >= 11 is 5.59. The highest BCUT2D eigenvalue weighted by Gasteiger charge is 2.13. The average molecular weight is 217 g/mol. The summed E-state index contributed by atoms with van der Waals surface area (Å²) in [5.41, 5.74) is 6.44. The first kappa shape index (κ1) is 11.4. The molecule has 14 heavy (non-hydrogen) atoms. The fourth-order valence-electron chi connectivity index (χ4n) is 1.36. The van der Waals surface area contributed by atoms with Gasteiger partial charge in [-0.25, -0.2) is 4.39 Å². The Labute approximate surface area is 88.5 Å². The monoisotopic (exact) mass is 216 g/mol. The van der Waals surface area contributed by atoms with Crippen molar-refractivity contribution in [1.29, 1.82) is 0 Å². The Balaban J connectivity index is 3.00. The van der Waals surface area contributed by atoms with Gasteiger partial charge in [0.2, 0.25) is 0 Å². The Kier molecular flexibility index (Phi) is 3.86. The molecule has 1 aromatic carbocycles. The first-order valence-corrected chi connectivity index (χ1v) is 4.75. The highest BCUT2D eigenvalue weighted by molar-refractivity contribution is 6.30. The van der Waals surface area contributed by atoms with Gasteiger partial charge in [-0.3, -0.25) is 0 Å². The fraction of sp³-hybridized carbons (Fsp3) is 0.400. The topological polar surface area (TPSA) is 29.3 Å². The van der Waals surface area contributed by atoms with Crippen molar-refractivity contribution in [3.63, 3.8) is 0 Å². The second-order valence-corrected chi connectivity index (χ2v) is 3.80. The molecular weight excluding hydrogens is 203 g/mol. The van der Waals surface area contributed by atoms with Crippen molar-refractivity contribution in [2.24, 2.45) is 5.73 Å². The maximum absolute atomic E-state index is 13.1. The van der Waals surface area contributed by atoms with Gasteiger partial charge in [-0.2, -0.15) is 0 Å². The van der Waals surface area contributed by atoms with E-state index >= 15 is 0 Å². The lowest BCUT2D eigenvalue weighted by Gasteiger charge is -2.23. The molecule has 0 saturated heterocycles. The molecule has 2 N–H and O–H groups in total. The third-order valence-electron chi connectivity index (χ3n) is 2.18. The van der Waals surface area contributed by atoms with Crippen molar-refractivity contribution in [2.75, 3.05) is 20.6 Å². The largest absolute Gasteiger partial charge is 0.329 e. The van der Waals surface area contributed by atoms with Gasteiger partial charge in [-0.15, -0.1) is 0 Å². The number of nitrogens with zero attached hydrogens (tertiary/aromatic N) is 1. The maximum atomic E-state index is 13.1. The van der Waals surface area contributed by atoms with Crippen molar-refractivity contribution in [1.82, 2.24) is 4.90 Å². The molecule has 1 unspecified atom stereocenters. The third kappa shape index (κ3) is 2.44. The van der Waals surface area contributed by atoms with E-state index in [2.05, 4.69) is 0 Å². The molecule has 0 aliphatic carbocycles. The molecule has 0 spiro atoms. The van der Waals surface area contributed by atoms with Crippen LogP contribution in [0.15, 0.2) is 18.2 Å². The highest BCUT2D eigenvalue weighted by atomic mass is 35.5. The normalized spacial score (nSPS) is 13.3. The maximum Gasteiger partial charge on any atom is 0.142 e. The van der Waals surface area contributed by atoms with Gasteiger partial charge in [-0.05, 0) is 31.8 Å². The van der Waals surface area contributed by atoms with Crippen LogP contribution in [-0.2, 0) is 0 Å². The molecule has 0 bridgehead atoms. The SMILES string of the molecule is CN(C)C(CN)c1ccc(Cl)c(F)c1. The molecule has 0 aliphatic rings.